The van der Waals surface area contributed by atoms with Crippen LogP contribution < -0.4 is 10.6 Å². The number of aromatic nitrogens is 1. The Morgan fingerprint density at radius 1 is 1.45 bits per heavy atom. The molecule has 1 saturated carbocycles. The normalized spacial score (nSPS) is 21.5. The molecule has 1 aliphatic carbocycles. The number of hydrogen-bond acceptors (Lipinski definition) is 4. The van der Waals surface area contributed by atoms with E-state index in [2.05, 4.69) is 15.6 Å². The van der Waals surface area contributed by atoms with Crippen LogP contribution in [0.4, 0.5) is 10.5 Å². The Labute approximate surface area is 121 Å². The van der Waals surface area contributed by atoms with Crippen LogP contribution in [0.1, 0.15) is 17.8 Å². The lowest BCUT2D eigenvalue weighted by Crippen LogP contribution is -2.48. The minimum absolute atomic E-state index is 0.171. The van der Waals surface area contributed by atoms with Gasteiger partial charge in [0.2, 0.25) is 0 Å². The van der Waals surface area contributed by atoms with Crippen molar-refractivity contribution >= 4 is 33.3 Å². The molecule has 0 saturated heterocycles. The smallest absolute Gasteiger partial charge is 0.319 e. The van der Waals surface area contributed by atoms with Crippen molar-refractivity contribution in [2.75, 3.05) is 12.4 Å². The van der Waals surface area contributed by atoms with Gasteiger partial charge in [0.05, 0.1) is 21.3 Å². The summed E-state index contributed by atoms with van der Waals surface area (Å²) in [5.74, 6) is 0. The summed E-state index contributed by atoms with van der Waals surface area (Å²) in [4.78, 5) is 16.3. The Morgan fingerprint density at radius 2 is 2.25 bits per heavy atom. The number of ether oxygens (including phenoxy) is 1. The van der Waals surface area contributed by atoms with Crippen molar-refractivity contribution in [1.82, 2.24) is 10.3 Å². The van der Waals surface area contributed by atoms with E-state index in [4.69, 9.17) is 4.74 Å². The lowest BCUT2D eigenvalue weighted by atomic mass is 9.89. The van der Waals surface area contributed by atoms with Gasteiger partial charge in [-0.3, -0.25) is 0 Å². The molecule has 0 aliphatic heterocycles. The maximum atomic E-state index is 11.9. The van der Waals surface area contributed by atoms with E-state index in [0.717, 1.165) is 33.8 Å². The van der Waals surface area contributed by atoms with Gasteiger partial charge >= 0.3 is 6.03 Å². The molecule has 1 fully saturated rings. The first-order chi connectivity index (χ1) is 9.64. The van der Waals surface area contributed by atoms with Gasteiger partial charge in [-0.15, -0.1) is 11.3 Å². The second-order valence-corrected chi connectivity index (χ2v) is 6.27. The Kier molecular flexibility index (Phi) is 3.58. The average molecular weight is 291 g/mol. The molecular formula is C14H17N3O2S. The van der Waals surface area contributed by atoms with Gasteiger partial charge in [-0.05, 0) is 38.0 Å². The van der Waals surface area contributed by atoms with Crippen LogP contribution in [0.15, 0.2) is 18.2 Å². The molecule has 1 aromatic heterocycles. The van der Waals surface area contributed by atoms with E-state index in [9.17, 15) is 4.79 Å². The summed E-state index contributed by atoms with van der Waals surface area (Å²) in [6, 6.07) is 5.83. The number of anilines is 1. The van der Waals surface area contributed by atoms with Crippen LogP contribution in [-0.2, 0) is 4.74 Å². The zero-order valence-corrected chi connectivity index (χ0v) is 12.3. The molecule has 1 heterocycles. The molecule has 2 N–H and O–H groups in total. The highest BCUT2D eigenvalue weighted by Gasteiger charge is 2.30. The summed E-state index contributed by atoms with van der Waals surface area (Å²) < 4.78 is 6.32. The highest BCUT2D eigenvalue weighted by atomic mass is 32.1. The second kappa shape index (κ2) is 5.38. The van der Waals surface area contributed by atoms with Gasteiger partial charge in [-0.1, -0.05) is 0 Å². The Morgan fingerprint density at radius 3 is 3.00 bits per heavy atom. The minimum atomic E-state index is -0.171. The molecule has 1 aromatic carbocycles. The third-order valence-electron chi connectivity index (χ3n) is 3.52. The number of amides is 2. The van der Waals surface area contributed by atoms with Gasteiger partial charge in [0.15, 0.2) is 0 Å². The van der Waals surface area contributed by atoms with Crippen LogP contribution in [0.3, 0.4) is 0 Å². The van der Waals surface area contributed by atoms with Crippen molar-refractivity contribution in [1.29, 1.82) is 0 Å². The van der Waals surface area contributed by atoms with Crippen LogP contribution in [0.2, 0.25) is 0 Å². The summed E-state index contributed by atoms with van der Waals surface area (Å²) in [5, 5.41) is 6.81. The van der Waals surface area contributed by atoms with Crippen LogP contribution in [0.25, 0.3) is 10.2 Å². The summed E-state index contributed by atoms with van der Waals surface area (Å²) in [6.07, 6.45) is 2.05. The number of thiazole rings is 1. The lowest BCUT2D eigenvalue weighted by Gasteiger charge is -2.34. The average Bonchev–Trinajstić information content (AvgIpc) is 2.72. The number of methoxy groups -OCH3 is 1. The second-order valence-electron chi connectivity index (χ2n) is 5.04. The Bertz CT molecular complexity index is 634. The lowest BCUT2D eigenvalue weighted by molar-refractivity contribution is 0.0210. The van der Waals surface area contributed by atoms with E-state index in [1.165, 1.54) is 0 Å². The van der Waals surface area contributed by atoms with Crippen LogP contribution in [-0.4, -0.2) is 30.3 Å². The van der Waals surface area contributed by atoms with Crippen molar-refractivity contribution in [3.05, 3.63) is 23.2 Å². The van der Waals surface area contributed by atoms with E-state index in [0.29, 0.717) is 0 Å². The molecule has 2 amide bonds. The topological polar surface area (TPSA) is 63.2 Å². The molecule has 0 atom stereocenters. The predicted octanol–water partition coefficient (Wildman–Crippen LogP) is 2.90. The van der Waals surface area contributed by atoms with E-state index >= 15 is 0 Å². The summed E-state index contributed by atoms with van der Waals surface area (Å²) in [6.45, 7) is 1.98. The first-order valence-corrected chi connectivity index (χ1v) is 7.43. The Hall–Kier alpha value is -1.66. The molecule has 0 spiro atoms. The summed E-state index contributed by atoms with van der Waals surface area (Å²) >= 11 is 1.65. The van der Waals surface area contributed by atoms with E-state index < -0.39 is 0 Å². The zero-order chi connectivity index (χ0) is 14.1. The van der Waals surface area contributed by atoms with E-state index in [1.807, 2.05) is 25.1 Å². The molecule has 2 aromatic rings. The van der Waals surface area contributed by atoms with Crippen molar-refractivity contribution in [2.24, 2.45) is 0 Å². The van der Waals surface area contributed by atoms with Crippen molar-refractivity contribution in [3.8, 4) is 0 Å². The quantitative estimate of drug-likeness (QED) is 0.914. The zero-order valence-electron chi connectivity index (χ0n) is 11.5. The first kappa shape index (κ1) is 13.3. The van der Waals surface area contributed by atoms with Crippen molar-refractivity contribution in [2.45, 2.75) is 31.9 Å². The molecule has 106 valence electrons. The van der Waals surface area contributed by atoms with E-state index in [1.54, 1.807) is 18.4 Å². The monoisotopic (exact) mass is 291 g/mol. The highest BCUT2D eigenvalue weighted by molar-refractivity contribution is 7.18. The van der Waals surface area contributed by atoms with Crippen LogP contribution >= 0.6 is 11.3 Å². The number of nitrogens with zero attached hydrogens (tertiary/aromatic N) is 1. The van der Waals surface area contributed by atoms with Crippen molar-refractivity contribution < 1.29 is 9.53 Å². The molecule has 6 heteroatoms. The van der Waals surface area contributed by atoms with Gasteiger partial charge in [0.1, 0.15) is 0 Å². The van der Waals surface area contributed by atoms with Gasteiger partial charge in [-0.2, -0.15) is 0 Å². The fourth-order valence-corrected chi connectivity index (χ4v) is 3.16. The van der Waals surface area contributed by atoms with Gasteiger partial charge < -0.3 is 15.4 Å². The standard InChI is InChI=1S/C14H17N3O2S/c1-8-15-12-7-9(3-4-13(12)20-8)16-14(18)17-10-5-11(6-10)19-2/h3-4,7,10-11H,5-6H2,1-2H3,(H2,16,17,18). The molecule has 0 radical (unpaired) electrons. The van der Waals surface area contributed by atoms with Crippen LogP contribution in [0, 0.1) is 6.92 Å². The molecule has 0 unspecified atom stereocenters. The maximum absolute atomic E-state index is 11.9. The molecule has 3 rings (SSSR count). The fourth-order valence-electron chi connectivity index (χ4n) is 2.35. The summed E-state index contributed by atoms with van der Waals surface area (Å²) in [5.41, 5.74) is 1.69. The first-order valence-electron chi connectivity index (χ1n) is 6.61. The number of carbonyl (C=O) groups is 1. The SMILES string of the molecule is COC1CC(NC(=O)Nc2ccc3sc(C)nc3c2)C1. The molecule has 0 bridgehead atoms. The largest absolute Gasteiger partial charge is 0.381 e. The number of fused-ring (bicyclic) bond motifs is 1. The third kappa shape index (κ3) is 2.76. The molecule has 20 heavy (non-hydrogen) atoms. The summed E-state index contributed by atoms with van der Waals surface area (Å²) in [7, 11) is 1.70. The fraction of sp³-hybridized carbons (Fsp3) is 0.429. The number of nitrogens with one attached hydrogen (secondary N) is 2. The number of carbonyl (C=O) groups excluding carboxylic acids is 1. The molecule has 5 nitrogen and oxygen atoms in total. The van der Waals surface area contributed by atoms with Crippen LogP contribution in [0.5, 0.6) is 0 Å². The minimum Gasteiger partial charge on any atom is -0.381 e. The number of benzene rings is 1. The van der Waals surface area contributed by atoms with E-state index in [-0.39, 0.29) is 18.2 Å². The predicted molar refractivity (Wildman–Crippen MR) is 80.3 cm³/mol. The van der Waals surface area contributed by atoms with Gasteiger partial charge in [0, 0.05) is 18.8 Å². The number of urea groups is 1. The maximum Gasteiger partial charge on any atom is 0.319 e. The number of hydrogen-bond donors (Lipinski definition) is 2. The van der Waals surface area contributed by atoms with Crippen molar-refractivity contribution in [3.63, 3.8) is 0 Å². The molecule has 1 aliphatic rings. The highest BCUT2D eigenvalue weighted by Crippen LogP contribution is 2.25. The molecular weight excluding hydrogens is 274 g/mol. The number of aryl methyl sites for hydroxylation is 1. The Balaban J connectivity index is 1.59. The number of rotatable bonds is 3. The van der Waals surface area contributed by atoms with Gasteiger partial charge in [-0.25, -0.2) is 9.78 Å². The third-order valence-corrected chi connectivity index (χ3v) is 4.47. The van der Waals surface area contributed by atoms with Gasteiger partial charge in [0.25, 0.3) is 0 Å².